The van der Waals surface area contributed by atoms with Crippen molar-refractivity contribution < 1.29 is 0 Å². The van der Waals surface area contributed by atoms with Crippen LogP contribution in [0.1, 0.15) is 6.42 Å². The van der Waals surface area contributed by atoms with Gasteiger partial charge in [0.25, 0.3) is 0 Å². The molecule has 0 saturated carbocycles. The molecule has 0 N–H and O–H groups in total. The number of nitrogens with zero attached hydrogens (tertiary/aromatic N) is 4. The van der Waals surface area contributed by atoms with E-state index in [1.807, 2.05) is 0 Å². The second-order valence-electron chi connectivity index (χ2n) is 10.3. The zero-order valence-corrected chi connectivity index (χ0v) is 20.5. The van der Waals surface area contributed by atoms with Crippen molar-refractivity contribution >= 4 is 39.2 Å². The van der Waals surface area contributed by atoms with Crippen molar-refractivity contribution in [3.8, 4) is 0 Å². The molecule has 4 nitrogen and oxygen atoms in total. The zero-order chi connectivity index (χ0) is 20.6. The van der Waals surface area contributed by atoms with Crippen LogP contribution in [0.2, 0.25) is 39.3 Å². The molecule has 0 amide bonds. The van der Waals surface area contributed by atoms with Crippen molar-refractivity contribution in [3.63, 3.8) is 0 Å². The van der Waals surface area contributed by atoms with E-state index in [1.165, 1.54) is 34.4 Å². The van der Waals surface area contributed by atoms with Gasteiger partial charge in [0.2, 0.25) is 0 Å². The molecule has 0 spiro atoms. The zero-order valence-electron chi connectivity index (χ0n) is 18.5. The molecule has 0 aromatic heterocycles. The van der Waals surface area contributed by atoms with Crippen LogP contribution < -0.4 is 18.9 Å². The monoisotopic (exact) mass is 420 g/mol. The highest BCUT2D eigenvalue weighted by Crippen LogP contribution is 2.52. The maximum Gasteiger partial charge on any atom is 0.155 e. The van der Waals surface area contributed by atoms with Crippen molar-refractivity contribution in [2.75, 3.05) is 32.0 Å². The molecule has 0 bridgehead atoms. The van der Waals surface area contributed by atoms with Crippen molar-refractivity contribution in [1.82, 2.24) is 0 Å². The first kappa shape index (κ1) is 18.8. The Balaban J connectivity index is 1.84. The molecule has 0 radical (unpaired) electrons. The Morgan fingerprint density at radius 2 is 0.897 bits per heavy atom. The molecule has 5 rings (SSSR count). The highest BCUT2D eigenvalue weighted by Gasteiger charge is 2.48. The Morgan fingerprint density at radius 3 is 1.24 bits per heavy atom. The number of rotatable bonds is 2. The molecule has 29 heavy (non-hydrogen) atoms. The summed E-state index contributed by atoms with van der Waals surface area (Å²) in [7, 11) is -3.32. The van der Waals surface area contributed by atoms with Crippen LogP contribution in [0.4, 0.5) is 22.7 Å². The van der Waals surface area contributed by atoms with Gasteiger partial charge in [0.1, 0.15) is 11.6 Å². The van der Waals surface area contributed by atoms with Gasteiger partial charge in [0.05, 0.1) is 22.7 Å². The highest BCUT2D eigenvalue weighted by molar-refractivity contribution is 6.82. The van der Waals surface area contributed by atoms with Crippen LogP contribution in [-0.4, -0.2) is 29.6 Å². The van der Waals surface area contributed by atoms with Crippen LogP contribution in [-0.2, 0) is 0 Å². The average molecular weight is 421 g/mol. The first-order valence-electron chi connectivity index (χ1n) is 10.8. The molecule has 3 heterocycles. The molecule has 3 aliphatic heterocycles. The summed E-state index contributed by atoms with van der Waals surface area (Å²) in [5, 5.41) is 0. The molecule has 0 aliphatic carbocycles. The third-order valence-electron chi connectivity index (χ3n) is 6.07. The SMILES string of the molecule is C[Si](C)(C)N1C2=C3N(CCCN2c2ccccc21)c1ccccc1N3[Si](C)(C)C. The summed E-state index contributed by atoms with van der Waals surface area (Å²) in [6.45, 7) is 17.0. The molecule has 2 aromatic rings. The molecule has 0 saturated heterocycles. The number of hydrogen-bond acceptors (Lipinski definition) is 4. The number of benzene rings is 2. The average Bonchev–Trinajstić information content (AvgIpc) is 3.08. The minimum Gasteiger partial charge on any atom is -0.351 e. The van der Waals surface area contributed by atoms with E-state index in [2.05, 4.69) is 107 Å². The molecular formula is C23H32N4Si2. The van der Waals surface area contributed by atoms with E-state index in [0.29, 0.717) is 0 Å². The maximum absolute atomic E-state index is 2.72. The lowest BCUT2D eigenvalue weighted by Crippen LogP contribution is -2.52. The van der Waals surface area contributed by atoms with Crippen molar-refractivity contribution in [1.29, 1.82) is 0 Å². The van der Waals surface area contributed by atoms with Gasteiger partial charge in [-0.3, -0.25) is 0 Å². The first-order valence-corrected chi connectivity index (χ1v) is 17.7. The molecule has 152 valence electrons. The Hall–Kier alpha value is -2.19. The summed E-state index contributed by atoms with van der Waals surface area (Å²) >= 11 is 0. The summed E-state index contributed by atoms with van der Waals surface area (Å²) in [6.07, 6.45) is 1.16. The number of hydrogen-bond donors (Lipinski definition) is 0. The Labute approximate surface area is 177 Å². The lowest BCUT2D eigenvalue weighted by molar-refractivity contribution is 0.811. The van der Waals surface area contributed by atoms with Crippen molar-refractivity contribution in [2.24, 2.45) is 0 Å². The Morgan fingerprint density at radius 1 is 0.552 bits per heavy atom. The van der Waals surface area contributed by atoms with E-state index < -0.39 is 16.5 Å². The van der Waals surface area contributed by atoms with Gasteiger partial charge < -0.3 is 18.9 Å². The van der Waals surface area contributed by atoms with E-state index in [0.717, 1.165) is 19.5 Å². The molecule has 3 aliphatic rings. The third-order valence-corrected chi connectivity index (χ3v) is 9.66. The number of anilines is 4. The van der Waals surface area contributed by atoms with Crippen LogP contribution in [0.25, 0.3) is 0 Å². The second kappa shape index (κ2) is 6.16. The van der Waals surface area contributed by atoms with Crippen LogP contribution in [0.5, 0.6) is 0 Å². The number of fused-ring (bicyclic) bond motifs is 6. The van der Waals surface area contributed by atoms with E-state index in [-0.39, 0.29) is 0 Å². The third kappa shape index (κ3) is 2.69. The predicted molar refractivity (Wildman–Crippen MR) is 131 cm³/mol. The van der Waals surface area contributed by atoms with Crippen LogP contribution >= 0.6 is 0 Å². The van der Waals surface area contributed by atoms with E-state index >= 15 is 0 Å². The van der Waals surface area contributed by atoms with Gasteiger partial charge >= 0.3 is 0 Å². The Kier molecular flexibility index (Phi) is 3.99. The fraction of sp³-hybridized carbons (Fsp3) is 0.391. The summed E-state index contributed by atoms with van der Waals surface area (Å²) in [5.74, 6) is 2.84. The summed E-state index contributed by atoms with van der Waals surface area (Å²) < 4.78 is 5.43. The first-order chi connectivity index (χ1) is 13.7. The van der Waals surface area contributed by atoms with Crippen LogP contribution in [0, 0.1) is 0 Å². The van der Waals surface area contributed by atoms with Gasteiger partial charge in [0.15, 0.2) is 16.5 Å². The van der Waals surface area contributed by atoms with Gasteiger partial charge in [-0.05, 0) is 30.7 Å². The largest absolute Gasteiger partial charge is 0.351 e. The lowest BCUT2D eigenvalue weighted by atomic mass is 10.2. The standard InChI is InChI=1S/C23H32N4Si2/c1-28(2,3)26-20-14-9-7-12-18(20)24-16-11-17-25-19-13-8-10-15-21(19)27(29(4,5)6)23(25)22(24)26/h7-10,12-15H,11,16-17H2,1-6H3. The lowest BCUT2D eigenvalue weighted by Gasteiger charge is -2.40. The van der Waals surface area contributed by atoms with E-state index in [4.69, 9.17) is 0 Å². The summed E-state index contributed by atoms with van der Waals surface area (Å²) in [5.41, 5.74) is 5.54. The van der Waals surface area contributed by atoms with E-state index in [9.17, 15) is 0 Å². The predicted octanol–water partition coefficient (Wildman–Crippen LogP) is 5.84. The Bertz CT molecular complexity index is 923. The van der Waals surface area contributed by atoms with Crippen molar-refractivity contribution in [3.05, 3.63) is 60.2 Å². The molecular weight excluding hydrogens is 388 g/mol. The number of para-hydroxylation sites is 4. The molecule has 0 fully saturated rings. The summed E-state index contributed by atoms with van der Waals surface area (Å²) in [4.78, 5) is 5.23. The molecule has 2 aromatic carbocycles. The van der Waals surface area contributed by atoms with Gasteiger partial charge in [-0.15, -0.1) is 0 Å². The van der Waals surface area contributed by atoms with Gasteiger partial charge in [-0.2, -0.15) is 0 Å². The minimum atomic E-state index is -1.66. The fourth-order valence-electron chi connectivity index (χ4n) is 5.10. The second-order valence-corrected chi connectivity index (χ2v) is 19.9. The van der Waals surface area contributed by atoms with Gasteiger partial charge in [0, 0.05) is 13.1 Å². The molecule has 0 unspecified atom stereocenters. The molecule has 6 heteroatoms. The van der Waals surface area contributed by atoms with Gasteiger partial charge in [-0.1, -0.05) is 63.5 Å². The molecule has 0 atom stereocenters. The van der Waals surface area contributed by atoms with Crippen LogP contribution in [0.3, 0.4) is 0 Å². The van der Waals surface area contributed by atoms with Gasteiger partial charge in [-0.25, -0.2) is 0 Å². The maximum atomic E-state index is 2.72. The minimum absolute atomic E-state index is 1.08. The smallest absolute Gasteiger partial charge is 0.155 e. The highest BCUT2D eigenvalue weighted by atomic mass is 28.3. The van der Waals surface area contributed by atoms with Crippen molar-refractivity contribution in [2.45, 2.75) is 45.7 Å². The fourth-order valence-corrected chi connectivity index (χ4v) is 8.64. The summed E-state index contributed by atoms with van der Waals surface area (Å²) in [6, 6.07) is 18.0. The van der Waals surface area contributed by atoms with E-state index in [1.54, 1.807) is 0 Å². The quantitative estimate of drug-likeness (QED) is 0.566. The normalized spacial score (nSPS) is 18.6. The topological polar surface area (TPSA) is 13.0 Å². The van der Waals surface area contributed by atoms with Crippen LogP contribution in [0.15, 0.2) is 60.2 Å².